The normalized spacial score (nSPS) is 21.5. The summed E-state index contributed by atoms with van der Waals surface area (Å²) >= 11 is 0. The summed E-state index contributed by atoms with van der Waals surface area (Å²) in [5.41, 5.74) is 2.06. The molecule has 1 fully saturated rings. The maximum atomic E-state index is 13.5. The van der Waals surface area contributed by atoms with Crippen molar-refractivity contribution in [3.05, 3.63) is 52.9 Å². The number of aliphatic hydroxyl groups is 1. The average Bonchev–Trinajstić information content (AvgIpc) is 3.38. The molecule has 0 saturated heterocycles. The van der Waals surface area contributed by atoms with E-state index in [-0.39, 0.29) is 40.7 Å². The minimum Gasteiger partial charge on any atom is -0.493 e. The Morgan fingerprint density at radius 3 is 2.71 bits per heavy atom. The van der Waals surface area contributed by atoms with Gasteiger partial charge in [-0.3, -0.25) is 19.5 Å². The van der Waals surface area contributed by atoms with Crippen LogP contribution < -0.4 is 10.7 Å². The molecule has 3 N–H and O–H groups in total. The van der Waals surface area contributed by atoms with Gasteiger partial charge in [0.25, 0.3) is 18.2 Å². The largest absolute Gasteiger partial charge is 0.493 e. The monoisotopic (exact) mass is 433 g/mol. The first-order valence-corrected chi connectivity index (χ1v) is 10.1. The molecule has 1 aromatic heterocycles. The van der Waals surface area contributed by atoms with Crippen LogP contribution in [0.15, 0.2) is 41.7 Å². The molecule has 3 heterocycles. The Balaban J connectivity index is 1.75. The molecule has 0 aromatic carbocycles. The van der Waals surface area contributed by atoms with Crippen molar-refractivity contribution >= 4 is 11.8 Å². The molecule has 10 heteroatoms. The molecule has 166 valence electrons. The van der Waals surface area contributed by atoms with Crippen molar-refractivity contribution in [2.45, 2.75) is 52.1 Å². The summed E-state index contributed by atoms with van der Waals surface area (Å²) in [7, 11) is 0. The summed E-state index contributed by atoms with van der Waals surface area (Å²) < 4.78 is 27.0. The zero-order valence-corrected chi connectivity index (χ0v) is 17.5. The molecule has 1 aliphatic carbocycles. The molecule has 0 radical (unpaired) electrons. The number of aromatic nitrogens is 1. The van der Waals surface area contributed by atoms with Crippen molar-refractivity contribution in [1.82, 2.24) is 25.6 Å². The van der Waals surface area contributed by atoms with Gasteiger partial charge < -0.3 is 10.4 Å². The highest BCUT2D eigenvalue weighted by Crippen LogP contribution is 2.37. The Hall–Kier alpha value is -3.01. The van der Waals surface area contributed by atoms with E-state index in [1.807, 2.05) is 20.8 Å². The van der Waals surface area contributed by atoms with Crippen LogP contribution in [0, 0.1) is 5.41 Å². The van der Waals surface area contributed by atoms with Crippen LogP contribution >= 0.6 is 0 Å². The minimum absolute atomic E-state index is 0.00289. The number of rotatable bonds is 5. The van der Waals surface area contributed by atoms with Gasteiger partial charge in [0.05, 0.1) is 6.04 Å². The Kier molecular flexibility index (Phi) is 5.20. The number of amides is 2. The molecule has 2 amide bonds. The van der Waals surface area contributed by atoms with E-state index in [1.165, 1.54) is 22.2 Å². The number of aliphatic hydroxyl groups excluding tert-OH is 1. The Labute approximate surface area is 178 Å². The van der Waals surface area contributed by atoms with E-state index in [2.05, 4.69) is 15.7 Å². The topological polar surface area (TPSA) is 97.8 Å². The van der Waals surface area contributed by atoms with Gasteiger partial charge in [-0.2, -0.15) is 0 Å². The number of nitrogens with zero attached hydrogens (tertiary/aromatic N) is 3. The van der Waals surface area contributed by atoms with Gasteiger partial charge in [-0.1, -0.05) is 26.8 Å². The molecule has 31 heavy (non-hydrogen) atoms. The summed E-state index contributed by atoms with van der Waals surface area (Å²) in [6.45, 7) is 6.06. The third kappa shape index (κ3) is 4.12. The number of fused-ring (bicyclic) bond motifs is 1. The summed E-state index contributed by atoms with van der Waals surface area (Å²) in [6.07, 6.45) is 1.73. The summed E-state index contributed by atoms with van der Waals surface area (Å²) in [5.74, 6) is -1.54. The zero-order chi connectivity index (χ0) is 22.5. The highest BCUT2D eigenvalue weighted by Gasteiger charge is 2.45. The van der Waals surface area contributed by atoms with Gasteiger partial charge in [0.1, 0.15) is 11.5 Å². The van der Waals surface area contributed by atoms with Crippen molar-refractivity contribution in [2.24, 2.45) is 5.41 Å². The Bertz CT molecular complexity index is 981. The third-order valence-corrected chi connectivity index (χ3v) is 5.17. The Morgan fingerprint density at radius 1 is 1.39 bits per heavy atom. The fourth-order valence-corrected chi connectivity index (χ4v) is 3.64. The van der Waals surface area contributed by atoms with Crippen molar-refractivity contribution in [3.8, 4) is 0 Å². The predicted molar refractivity (Wildman–Crippen MR) is 107 cm³/mol. The quantitative estimate of drug-likeness (QED) is 0.618. The fourth-order valence-electron chi connectivity index (χ4n) is 3.64. The fraction of sp³-hybridized carbons (Fsp3) is 0.476. The van der Waals surface area contributed by atoms with Crippen LogP contribution in [0.1, 0.15) is 57.3 Å². The van der Waals surface area contributed by atoms with E-state index >= 15 is 0 Å². The zero-order valence-electron chi connectivity index (χ0n) is 17.5. The number of carbonyl (C=O) groups is 2. The first-order valence-electron chi connectivity index (χ1n) is 10.1. The second kappa shape index (κ2) is 7.60. The van der Waals surface area contributed by atoms with Crippen LogP contribution in [-0.4, -0.2) is 44.4 Å². The third-order valence-electron chi connectivity index (χ3n) is 5.17. The van der Waals surface area contributed by atoms with Gasteiger partial charge in [0.2, 0.25) is 5.88 Å². The second-order valence-corrected chi connectivity index (χ2v) is 9.14. The van der Waals surface area contributed by atoms with Crippen LogP contribution in [-0.2, 0) is 9.59 Å². The molecule has 8 nitrogen and oxygen atoms in total. The van der Waals surface area contributed by atoms with Gasteiger partial charge in [-0.05, 0) is 30.4 Å². The van der Waals surface area contributed by atoms with E-state index in [9.17, 15) is 23.5 Å². The van der Waals surface area contributed by atoms with Crippen molar-refractivity contribution in [1.29, 1.82) is 0 Å². The van der Waals surface area contributed by atoms with Gasteiger partial charge in [-0.25, -0.2) is 19.2 Å². The van der Waals surface area contributed by atoms with Crippen LogP contribution in [0.3, 0.4) is 0 Å². The van der Waals surface area contributed by atoms with E-state index in [0.717, 1.165) is 12.8 Å². The summed E-state index contributed by atoms with van der Waals surface area (Å²) in [5, 5.41) is 14.7. The molecule has 1 saturated carbocycles. The molecule has 0 spiro atoms. The maximum Gasteiger partial charge on any atom is 0.280 e. The van der Waals surface area contributed by atoms with E-state index < -0.39 is 30.2 Å². The molecule has 4 rings (SSSR count). The number of carbonyl (C=O) groups excluding carboxylic acids is 2. The number of nitrogens with one attached hydrogen (secondary N) is 2. The van der Waals surface area contributed by atoms with Gasteiger partial charge >= 0.3 is 0 Å². The van der Waals surface area contributed by atoms with Crippen LogP contribution in [0.4, 0.5) is 8.78 Å². The molecular weight excluding hydrogens is 408 g/mol. The lowest BCUT2D eigenvalue weighted by Crippen LogP contribution is -2.52. The van der Waals surface area contributed by atoms with Crippen molar-refractivity contribution < 1.29 is 23.5 Å². The average molecular weight is 433 g/mol. The molecule has 0 bridgehead atoms. The number of hydrogen-bond acceptors (Lipinski definition) is 6. The standard InChI is InChI=1S/C21H25F2N5O3/c1-21(2,3)10-27-14-9-13(12-5-4-8-24-16(12)17(22)23)26-28(14)20(31)15(19(27)30)18(29)25-11-6-7-11/h4-5,8-9,11,13,17,26,31H,6-7,10H2,1-3H3,(H,25,29). The minimum atomic E-state index is -2.79. The second-order valence-electron chi connectivity index (χ2n) is 9.14. The number of pyridine rings is 1. The highest BCUT2D eigenvalue weighted by molar-refractivity contribution is 6.19. The summed E-state index contributed by atoms with van der Waals surface area (Å²) in [4.78, 5) is 31.1. The van der Waals surface area contributed by atoms with Crippen LogP contribution in [0.25, 0.3) is 0 Å². The number of hydrazine groups is 1. The van der Waals surface area contributed by atoms with Gasteiger partial charge in [-0.15, -0.1) is 0 Å². The highest BCUT2D eigenvalue weighted by atomic mass is 19.3. The first-order chi connectivity index (χ1) is 14.6. The predicted octanol–water partition coefficient (Wildman–Crippen LogP) is 2.66. The van der Waals surface area contributed by atoms with E-state index in [4.69, 9.17) is 0 Å². The lowest BCUT2D eigenvalue weighted by molar-refractivity contribution is -0.133. The molecule has 3 aliphatic rings. The lowest BCUT2D eigenvalue weighted by Gasteiger charge is -2.38. The van der Waals surface area contributed by atoms with Crippen LogP contribution in [0.5, 0.6) is 0 Å². The molecule has 1 atom stereocenters. The van der Waals surface area contributed by atoms with Crippen LogP contribution in [0.2, 0.25) is 0 Å². The molecule has 2 aliphatic heterocycles. The Morgan fingerprint density at radius 2 is 2.10 bits per heavy atom. The van der Waals surface area contributed by atoms with Gasteiger partial charge in [0.15, 0.2) is 5.57 Å². The maximum absolute atomic E-state index is 13.5. The van der Waals surface area contributed by atoms with E-state index in [0.29, 0.717) is 0 Å². The van der Waals surface area contributed by atoms with Crippen molar-refractivity contribution in [3.63, 3.8) is 0 Å². The number of alkyl halides is 2. The first kappa shape index (κ1) is 21.2. The number of hydrogen-bond donors (Lipinski definition) is 3. The van der Waals surface area contributed by atoms with Gasteiger partial charge in [0, 0.05) is 24.3 Å². The van der Waals surface area contributed by atoms with Crippen molar-refractivity contribution in [2.75, 3.05) is 6.54 Å². The smallest absolute Gasteiger partial charge is 0.280 e. The van der Waals surface area contributed by atoms with E-state index in [1.54, 1.807) is 12.1 Å². The summed E-state index contributed by atoms with van der Waals surface area (Å²) in [6, 6.07) is 2.29. The molecule has 1 unspecified atom stereocenters. The molecular formula is C21H25F2N5O3. The SMILES string of the molecule is CC(C)(C)CN1C(=O)C(C(=O)NC2CC2)=C(O)N2NC(c3cccnc3C(F)F)C=C12. The molecule has 1 aromatic rings. The lowest BCUT2D eigenvalue weighted by atomic mass is 9.95. The number of halogens is 2.